The van der Waals surface area contributed by atoms with Crippen molar-refractivity contribution in [3.05, 3.63) is 41.9 Å². The summed E-state index contributed by atoms with van der Waals surface area (Å²) in [5.41, 5.74) is 0.962. The first kappa shape index (κ1) is 12.7. The number of nitrogens with zero attached hydrogens (tertiary/aromatic N) is 2. The van der Waals surface area contributed by atoms with Crippen LogP contribution in [0.5, 0.6) is 11.5 Å². The molecule has 20 heavy (non-hydrogen) atoms. The third kappa shape index (κ3) is 2.99. The maximum absolute atomic E-state index is 9.43. The Morgan fingerprint density at radius 1 is 1.15 bits per heavy atom. The molecule has 1 fully saturated rings. The molecule has 1 aliphatic carbocycles. The molecule has 3 rings (SSSR count). The lowest BCUT2D eigenvalue weighted by atomic mass is 10.1. The van der Waals surface area contributed by atoms with Gasteiger partial charge >= 0.3 is 0 Å². The van der Waals surface area contributed by atoms with E-state index in [-0.39, 0.29) is 11.5 Å². The lowest BCUT2D eigenvalue weighted by molar-refractivity contribution is 0.403. The highest BCUT2D eigenvalue weighted by Crippen LogP contribution is 2.38. The number of phenols is 2. The largest absolute Gasteiger partial charge is 0.504 e. The van der Waals surface area contributed by atoms with Crippen molar-refractivity contribution in [2.75, 3.05) is 11.9 Å². The standard InChI is InChI=1S/C15H17N3O2/c19-12-4-1-10(9-13(12)20)5-7-16-14-6-8-17-15(18-14)11-2-3-11/h1,4,6,8-9,11,19-20H,2-3,5,7H2,(H,16,17,18). The highest BCUT2D eigenvalue weighted by molar-refractivity contribution is 5.41. The van der Waals surface area contributed by atoms with Crippen molar-refractivity contribution in [2.45, 2.75) is 25.2 Å². The quantitative estimate of drug-likeness (QED) is 0.728. The first-order chi connectivity index (χ1) is 9.72. The van der Waals surface area contributed by atoms with Crippen LogP contribution >= 0.6 is 0 Å². The Kier molecular flexibility index (Phi) is 3.41. The molecule has 0 aliphatic heterocycles. The molecule has 0 radical (unpaired) electrons. The Bertz CT molecular complexity index is 612. The van der Waals surface area contributed by atoms with Crippen molar-refractivity contribution in [3.8, 4) is 11.5 Å². The molecule has 0 unspecified atom stereocenters. The molecule has 2 aromatic rings. The maximum Gasteiger partial charge on any atom is 0.157 e. The smallest absolute Gasteiger partial charge is 0.157 e. The molecule has 0 amide bonds. The highest BCUT2D eigenvalue weighted by atomic mass is 16.3. The van der Waals surface area contributed by atoms with E-state index in [0.29, 0.717) is 12.5 Å². The van der Waals surface area contributed by atoms with Gasteiger partial charge in [0, 0.05) is 18.7 Å². The first-order valence-corrected chi connectivity index (χ1v) is 6.80. The molecule has 5 nitrogen and oxygen atoms in total. The summed E-state index contributed by atoms with van der Waals surface area (Å²) in [6, 6.07) is 6.74. The zero-order valence-corrected chi connectivity index (χ0v) is 11.1. The molecule has 1 saturated carbocycles. The van der Waals surface area contributed by atoms with Crippen molar-refractivity contribution >= 4 is 5.82 Å². The third-order valence-corrected chi connectivity index (χ3v) is 3.38. The minimum Gasteiger partial charge on any atom is -0.504 e. The summed E-state index contributed by atoms with van der Waals surface area (Å²) in [4.78, 5) is 8.76. The van der Waals surface area contributed by atoms with Crippen LogP contribution in [0.1, 0.15) is 30.1 Å². The number of phenolic OH excluding ortho intramolecular Hbond substituents is 2. The Balaban J connectivity index is 1.56. The van der Waals surface area contributed by atoms with Gasteiger partial charge in [0.2, 0.25) is 0 Å². The lowest BCUT2D eigenvalue weighted by Gasteiger charge is -2.07. The van der Waals surface area contributed by atoms with Gasteiger partial charge in [-0.3, -0.25) is 0 Å². The van der Waals surface area contributed by atoms with Crippen LogP contribution in [-0.4, -0.2) is 26.7 Å². The zero-order valence-electron chi connectivity index (χ0n) is 11.1. The number of rotatable bonds is 5. The fourth-order valence-electron chi connectivity index (χ4n) is 2.07. The van der Waals surface area contributed by atoms with Crippen molar-refractivity contribution in [1.29, 1.82) is 0 Å². The van der Waals surface area contributed by atoms with E-state index in [1.165, 1.54) is 18.9 Å². The van der Waals surface area contributed by atoms with Crippen LogP contribution in [0, 0.1) is 0 Å². The summed E-state index contributed by atoms with van der Waals surface area (Å²) >= 11 is 0. The second-order valence-corrected chi connectivity index (χ2v) is 5.07. The molecular formula is C15H17N3O2. The van der Waals surface area contributed by atoms with E-state index in [0.717, 1.165) is 23.6 Å². The molecule has 0 saturated heterocycles. The van der Waals surface area contributed by atoms with Crippen LogP contribution in [0.15, 0.2) is 30.5 Å². The summed E-state index contributed by atoms with van der Waals surface area (Å²) in [5, 5.41) is 21.9. The molecule has 104 valence electrons. The monoisotopic (exact) mass is 271 g/mol. The van der Waals surface area contributed by atoms with Gasteiger partial charge in [-0.15, -0.1) is 0 Å². The minimum absolute atomic E-state index is 0.0828. The first-order valence-electron chi connectivity index (χ1n) is 6.80. The van der Waals surface area contributed by atoms with Gasteiger partial charge < -0.3 is 15.5 Å². The molecule has 3 N–H and O–H groups in total. The van der Waals surface area contributed by atoms with E-state index in [1.807, 2.05) is 6.07 Å². The van der Waals surface area contributed by atoms with Gasteiger partial charge in [-0.1, -0.05) is 6.07 Å². The molecule has 5 heteroatoms. The number of anilines is 1. The molecular weight excluding hydrogens is 254 g/mol. The van der Waals surface area contributed by atoms with Crippen LogP contribution in [0.25, 0.3) is 0 Å². The van der Waals surface area contributed by atoms with Crippen LogP contribution in [0.4, 0.5) is 5.82 Å². The lowest BCUT2D eigenvalue weighted by Crippen LogP contribution is -2.07. The molecule has 1 aliphatic rings. The maximum atomic E-state index is 9.43. The second-order valence-electron chi connectivity index (χ2n) is 5.07. The third-order valence-electron chi connectivity index (χ3n) is 3.38. The number of hydrogen-bond acceptors (Lipinski definition) is 5. The topological polar surface area (TPSA) is 78.3 Å². The average molecular weight is 271 g/mol. The number of benzene rings is 1. The summed E-state index contributed by atoms with van der Waals surface area (Å²) in [7, 11) is 0. The fraction of sp³-hybridized carbons (Fsp3) is 0.333. The van der Waals surface area contributed by atoms with E-state index in [1.54, 1.807) is 18.3 Å². The Morgan fingerprint density at radius 3 is 2.75 bits per heavy atom. The van der Waals surface area contributed by atoms with Crippen molar-refractivity contribution in [3.63, 3.8) is 0 Å². The van der Waals surface area contributed by atoms with Crippen LogP contribution in [0.2, 0.25) is 0 Å². The van der Waals surface area contributed by atoms with E-state index in [4.69, 9.17) is 0 Å². The van der Waals surface area contributed by atoms with Crippen molar-refractivity contribution < 1.29 is 10.2 Å². The van der Waals surface area contributed by atoms with E-state index < -0.39 is 0 Å². The second kappa shape index (κ2) is 5.36. The molecule has 1 aromatic carbocycles. The molecule has 0 atom stereocenters. The van der Waals surface area contributed by atoms with E-state index in [2.05, 4.69) is 15.3 Å². The molecule has 0 bridgehead atoms. The predicted octanol–water partition coefficient (Wildman–Crippen LogP) is 2.42. The van der Waals surface area contributed by atoms with Gasteiger partial charge in [0.15, 0.2) is 11.5 Å². The summed E-state index contributed by atoms with van der Waals surface area (Å²) in [5.74, 6) is 2.14. The zero-order chi connectivity index (χ0) is 13.9. The van der Waals surface area contributed by atoms with Gasteiger partial charge in [-0.05, 0) is 43.0 Å². The Hall–Kier alpha value is -2.30. The van der Waals surface area contributed by atoms with Crippen molar-refractivity contribution in [2.24, 2.45) is 0 Å². The minimum atomic E-state index is -0.0911. The van der Waals surface area contributed by atoms with E-state index in [9.17, 15) is 10.2 Å². The van der Waals surface area contributed by atoms with Gasteiger partial charge in [0.05, 0.1) is 0 Å². The number of nitrogens with one attached hydrogen (secondary N) is 1. The van der Waals surface area contributed by atoms with Gasteiger partial charge in [-0.25, -0.2) is 9.97 Å². The number of aromatic nitrogens is 2. The predicted molar refractivity (Wildman–Crippen MR) is 76.0 cm³/mol. The normalized spacial score (nSPS) is 14.2. The van der Waals surface area contributed by atoms with Crippen LogP contribution < -0.4 is 5.32 Å². The van der Waals surface area contributed by atoms with Crippen LogP contribution in [0.3, 0.4) is 0 Å². The van der Waals surface area contributed by atoms with Crippen molar-refractivity contribution in [1.82, 2.24) is 9.97 Å². The molecule has 0 spiro atoms. The Morgan fingerprint density at radius 2 is 2.00 bits per heavy atom. The fourth-order valence-corrected chi connectivity index (χ4v) is 2.07. The summed E-state index contributed by atoms with van der Waals surface area (Å²) in [6.45, 7) is 0.714. The summed E-state index contributed by atoms with van der Waals surface area (Å²) in [6.07, 6.45) is 4.92. The van der Waals surface area contributed by atoms with Crippen LogP contribution in [-0.2, 0) is 6.42 Å². The van der Waals surface area contributed by atoms with E-state index >= 15 is 0 Å². The number of aromatic hydroxyl groups is 2. The number of hydrogen-bond donors (Lipinski definition) is 3. The highest BCUT2D eigenvalue weighted by Gasteiger charge is 2.26. The van der Waals surface area contributed by atoms with Gasteiger partial charge in [-0.2, -0.15) is 0 Å². The summed E-state index contributed by atoms with van der Waals surface area (Å²) < 4.78 is 0. The SMILES string of the molecule is Oc1ccc(CCNc2ccnc(C3CC3)n2)cc1O. The van der Waals surface area contributed by atoms with Gasteiger partial charge in [0.25, 0.3) is 0 Å². The molecule has 1 heterocycles. The average Bonchev–Trinajstić information content (AvgIpc) is 3.28. The molecule has 1 aromatic heterocycles. The Labute approximate surface area is 117 Å². The van der Waals surface area contributed by atoms with Gasteiger partial charge in [0.1, 0.15) is 11.6 Å².